The predicted octanol–water partition coefficient (Wildman–Crippen LogP) is 3.28. The lowest BCUT2D eigenvalue weighted by Gasteiger charge is -2.26. The second-order valence-corrected chi connectivity index (χ2v) is 5.27. The number of carboxylic acids is 1. The van der Waals surface area contributed by atoms with Gasteiger partial charge in [0, 0.05) is 6.61 Å². The van der Waals surface area contributed by atoms with E-state index in [0.29, 0.717) is 0 Å². The third-order valence-electron chi connectivity index (χ3n) is 3.83. The third kappa shape index (κ3) is 4.67. The summed E-state index contributed by atoms with van der Waals surface area (Å²) >= 11 is 0. The average molecular weight is 262 g/mol. The molecule has 0 aromatic heterocycles. The first-order valence-electron chi connectivity index (χ1n) is 7.14. The van der Waals surface area contributed by atoms with Crippen molar-refractivity contribution in [1.29, 1.82) is 0 Å². The molecule has 1 aromatic rings. The van der Waals surface area contributed by atoms with E-state index in [4.69, 9.17) is 9.84 Å². The summed E-state index contributed by atoms with van der Waals surface area (Å²) in [5, 5.41) is 8.92. The van der Waals surface area contributed by atoms with E-state index in [1.807, 2.05) is 6.07 Å². The van der Waals surface area contributed by atoms with Gasteiger partial charge in [-0.2, -0.15) is 0 Å². The minimum atomic E-state index is -0.650. The zero-order chi connectivity index (χ0) is 13.5. The third-order valence-corrected chi connectivity index (χ3v) is 3.83. The van der Waals surface area contributed by atoms with Gasteiger partial charge in [-0.05, 0) is 44.1 Å². The molecule has 1 aromatic carbocycles. The van der Waals surface area contributed by atoms with Crippen LogP contribution in [0.2, 0.25) is 0 Å². The molecule has 19 heavy (non-hydrogen) atoms. The summed E-state index contributed by atoms with van der Waals surface area (Å²) in [5.41, 5.74) is 1.35. The van der Waals surface area contributed by atoms with Crippen molar-refractivity contribution in [3.63, 3.8) is 0 Å². The van der Waals surface area contributed by atoms with Crippen LogP contribution in [0.1, 0.15) is 37.7 Å². The fourth-order valence-corrected chi connectivity index (χ4v) is 2.65. The number of ether oxygens (including phenoxy) is 1. The second kappa shape index (κ2) is 7.29. The minimum Gasteiger partial charge on any atom is -0.481 e. The number of rotatable bonds is 6. The molecule has 1 fully saturated rings. The lowest BCUT2D eigenvalue weighted by molar-refractivity contribution is -0.143. The Hall–Kier alpha value is -1.35. The van der Waals surface area contributed by atoms with Gasteiger partial charge in [-0.3, -0.25) is 4.79 Å². The highest BCUT2D eigenvalue weighted by Crippen LogP contribution is 2.26. The molecular weight excluding hydrogens is 240 g/mol. The van der Waals surface area contributed by atoms with Crippen molar-refractivity contribution in [2.75, 3.05) is 6.61 Å². The zero-order valence-corrected chi connectivity index (χ0v) is 11.3. The zero-order valence-electron chi connectivity index (χ0n) is 11.3. The van der Waals surface area contributed by atoms with Gasteiger partial charge in [-0.15, -0.1) is 0 Å². The smallest absolute Gasteiger partial charge is 0.306 e. The fraction of sp³-hybridized carbons (Fsp3) is 0.562. The Balaban J connectivity index is 1.58. The van der Waals surface area contributed by atoms with Crippen LogP contribution in [0, 0.1) is 5.92 Å². The molecule has 0 radical (unpaired) electrons. The lowest BCUT2D eigenvalue weighted by atomic mass is 9.87. The van der Waals surface area contributed by atoms with Gasteiger partial charge >= 0.3 is 5.97 Å². The first-order valence-corrected chi connectivity index (χ1v) is 7.14. The average Bonchev–Trinajstić information content (AvgIpc) is 2.45. The van der Waals surface area contributed by atoms with E-state index in [2.05, 4.69) is 24.3 Å². The fourth-order valence-electron chi connectivity index (χ4n) is 2.65. The first kappa shape index (κ1) is 14.1. The highest BCUT2D eigenvalue weighted by molar-refractivity contribution is 5.70. The topological polar surface area (TPSA) is 46.5 Å². The molecule has 1 N–H and O–H groups in total. The van der Waals surface area contributed by atoms with Crippen LogP contribution in [0.15, 0.2) is 30.3 Å². The van der Waals surface area contributed by atoms with Gasteiger partial charge in [-0.25, -0.2) is 0 Å². The second-order valence-electron chi connectivity index (χ2n) is 5.27. The predicted molar refractivity (Wildman–Crippen MR) is 74.1 cm³/mol. The van der Waals surface area contributed by atoms with Gasteiger partial charge in [0.05, 0.1) is 12.0 Å². The van der Waals surface area contributed by atoms with Crippen LogP contribution in [-0.2, 0) is 16.0 Å². The van der Waals surface area contributed by atoms with E-state index in [0.717, 1.165) is 45.1 Å². The van der Waals surface area contributed by atoms with E-state index in [1.54, 1.807) is 0 Å². The first-order chi connectivity index (χ1) is 9.25. The molecule has 0 aliphatic heterocycles. The van der Waals surface area contributed by atoms with E-state index in [1.165, 1.54) is 5.56 Å². The summed E-state index contributed by atoms with van der Waals surface area (Å²) in [5.74, 6) is -0.799. The Morgan fingerprint density at radius 1 is 1.16 bits per heavy atom. The summed E-state index contributed by atoms with van der Waals surface area (Å²) < 4.78 is 5.84. The Morgan fingerprint density at radius 2 is 1.84 bits per heavy atom. The van der Waals surface area contributed by atoms with E-state index < -0.39 is 5.97 Å². The number of benzene rings is 1. The van der Waals surface area contributed by atoms with Crippen molar-refractivity contribution in [2.45, 2.75) is 44.6 Å². The molecule has 0 atom stereocenters. The summed E-state index contributed by atoms with van der Waals surface area (Å²) in [6.45, 7) is 0.775. The molecule has 0 saturated heterocycles. The summed E-state index contributed by atoms with van der Waals surface area (Å²) in [6, 6.07) is 10.4. The molecular formula is C16H22O3. The monoisotopic (exact) mass is 262 g/mol. The molecule has 0 amide bonds. The summed E-state index contributed by atoms with van der Waals surface area (Å²) in [6.07, 6.45) is 5.65. The quantitative estimate of drug-likeness (QED) is 0.800. The number of carbonyl (C=O) groups is 1. The molecule has 104 valence electrons. The lowest BCUT2D eigenvalue weighted by Crippen LogP contribution is -2.26. The Morgan fingerprint density at radius 3 is 2.47 bits per heavy atom. The Kier molecular flexibility index (Phi) is 5.40. The minimum absolute atomic E-state index is 0.149. The van der Waals surface area contributed by atoms with E-state index in [-0.39, 0.29) is 12.0 Å². The van der Waals surface area contributed by atoms with Crippen LogP contribution < -0.4 is 0 Å². The Labute approximate surface area is 114 Å². The van der Waals surface area contributed by atoms with Crippen LogP contribution in [0.3, 0.4) is 0 Å². The van der Waals surface area contributed by atoms with Gasteiger partial charge in [0.2, 0.25) is 0 Å². The van der Waals surface area contributed by atoms with Gasteiger partial charge in [0.25, 0.3) is 0 Å². The number of carboxylic acid groups (broad SMARTS) is 1. The molecule has 0 bridgehead atoms. The van der Waals surface area contributed by atoms with E-state index in [9.17, 15) is 4.79 Å². The van der Waals surface area contributed by atoms with Crippen LogP contribution in [0.5, 0.6) is 0 Å². The van der Waals surface area contributed by atoms with E-state index >= 15 is 0 Å². The van der Waals surface area contributed by atoms with Gasteiger partial charge in [-0.1, -0.05) is 30.3 Å². The van der Waals surface area contributed by atoms with Crippen molar-refractivity contribution in [3.05, 3.63) is 35.9 Å². The summed E-state index contributed by atoms with van der Waals surface area (Å²) in [7, 11) is 0. The number of hydrogen-bond donors (Lipinski definition) is 1. The van der Waals surface area contributed by atoms with Crippen molar-refractivity contribution < 1.29 is 14.6 Å². The maximum absolute atomic E-state index is 10.8. The summed E-state index contributed by atoms with van der Waals surface area (Å²) in [4.78, 5) is 10.8. The molecule has 1 saturated carbocycles. The largest absolute Gasteiger partial charge is 0.481 e. The number of aliphatic carboxylic acids is 1. The van der Waals surface area contributed by atoms with Crippen molar-refractivity contribution >= 4 is 5.97 Å². The highest BCUT2D eigenvalue weighted by Gasteiger charge is 2.25. The van der Waals surface area contributed by atoms with Crippen LogP contribution in [-0.4, -0.2) is 23.8 Å². The van der Waals surface area contributed by atoms with Crippen LogP contribution in [0.25, 0.3) is 0 Å². The standard InChI is InChI=1S/C16H22O3/c17-16(18)14-8-10-15(11-9-14)19-12-4-7-13-5-2-1-3-6-13/h1-3,5-6,14-15H,4,7-12H2,(H,17,18). The molecule has 0 spiro atoms. The molecule has 0 heterocycles. The molecule has 3 heteroatoms. The van der Waals surface area contributed by atoms with Crippen molar-refractivity contribution in [3.8, 4) is 0 Å². The SMILES string of the molecule is O=C(O)C1CCC(OCCCc2ccccc2)CC1. The maximum Gasteiger partial charge on any atom is 0.306 e. The normalized spacial score (nSPS) is 23.2. The maximum atomic E-state index is 10.8. The number of aryl methyl sites for hydroxylation is 1. The van der Waals surface area contributed by atoms with Gasteiger partial charge < -0.3 is 9.84 Å². The van der Waals surface area contributed by atoms with Crippen LogP contribution in [0.4, 0.5) is 0 Å². The molecule has 0 unspecified atom stereocenters. The molecule has 1 aliphatic rings. The molecule has 2 rings (SSSR count). The van der Waals surface area contributed by atoms with Crippen LogP contribution >= 0.6 is 0 Å². The van der Waals surface area contributed by atoms with Crippen molar-refractivity contribution in [1.82, 2.24) is 0 Å². The van der Waals surface area contributed by atoms with Gasteiger partial charge in [0.1, 0.15) is 0 Å². The van der Waals surface area contributed by atoms with Crippen molar-refractivity contribution in [2.24, 2.45) is 5.92 Å². The molecule has 3 nitrogen and oxygen atoms in total. The Bertz CT molecular complexity index is 380. The van der Waals surface area contributed by atoms with Gasteiger partial charge in [0.15, 0.2) is 0 Å². The molecule has 1 aliphatic carbocycles. The highest BCUT2D eigenvalue weighted by atomic mass is 16.5. The number of hydrogen-bond acceptors (Lipinski definition) is 2.